The molecular formula is C34H46N6O7Si. The molecule has 1 saturated heterocycles. The number of hydrogen-bond donors (Lipinski definition) is 3. The quantitative estimate of drug-likeness (QED) is 0.108. The number of benzene rings is 2. The third-order valence-electron chi connectivity index (χ3n) is 8.08. The lowest BCUT2D eigenvalue weighted by molar-refractivity contribution is -0.158. The van der Waals surface area contributed by atoms with Gasteiger partial charge in [-0.3, -0.25) is 29.3 Å². The molecule has 2 aromatic carbocycles. The highest BCUT2D eigenvalue weighted by Gasteiger charge is 2.62. The van der Waals surface area contributed by atoms with Gasteiger partial charge in [-0.05, 0) is 20.8 Å². The molecule has 48 heavy (non-hydrogen) atoms. The number of aliphatic hydroxyl groups excluding tert-OH is 1. The summed E-state index contributed by atoms with van der Waals surface area (Å²) in [6, 6.07) is 19.9. The highest BCUT2D eigenvalue weighted by Crippen LogP contribution is 2.42. The first-order valence-electron chi connectivity index (χ1n) is 16.1. The summed E-state index contributed by atoms with van der Waals surface area (Å²) in [6.07, 6.45) is -1.46. The van der Waals surface area contributed by atoms with E-state index in [9.17, 15) is 14.7 Å². The number of nitrogens with zero attached hydrogens (tertiary/aromatic N) is 4. The van der Waals surface area contributed by atoms with E-state index in [1.165, 1.54) is 6.33 Å². The first-order valence-corrected chi connectivity index (χ1v) is 17.8. The van der Waals surface area contributed by atoms with Crippen LogP contribution in [0.4, 0.5) is 5.95 Å². The normalized spacial score (nSPS) is 21.5. The molecule has 3 N–H and O–H groups in total. The number of imidazole rings is 1. The molecule has 5 rings (SSSR count). The predicted molar refractivity (Wildman–Crippen MR) is 185 cm³/mol. The van der Waals surface area contributed by atoms with E-state index in [1.807, 2.05) is 81.4 Å². The van der Waals surface area contributed by atoms with Gasteiger partial charge in [-0.25, -0.2) is 4.98 Å². The van der Waals surface area contributed by atoms with Crippen LogP contribution in [-0.2, 0) is 29.2 Å². The van der Waals surface area contributed by atoms with Crippen molar-refractivity contribution in [1.82, 2.24) is 24.6 Å². The second-order valence-electron chi connectivity index (χ2n) is 13.4. The maximum absolute atomic E-state index is 13.4. The second kappa shape index (κ2) is 14.8. The van der Waals surface area contributed by atoms with E-state index in [4.69, 9.17) is 24.0 Å². The molecule has 4 aromatic rings. The largest absolute Gasteiger partial charge is 0.387 e. The van der Waals surface area contributed by atoms with Crippen molar-refractivity contribution >= 4 is 42.2 Å². The van der Waals surface area contributed by atoms with E-state index in [0.717, 1.165) is 10.4 Å². The van der Waals surface area contributed by atoms with Crippen LogP contribution in [0.2, 0.25) is 0 Å². The number of H-pyrrole nitrogens is 1. The highest BCUT2D eigenvalue weighted by atomic mass is 28.3. The Bertz CT molecular complexity index is 1690. The van der Waals surface area contributed by atoms with Crippen LogP contribution in [0.1, 0.15) is 34.6 Å². The van der Waals surface area contributed by atoms with Crippen molar-refractivity contribution < 1.29 is 28.9 Å². The molecule has 14 heteroatoms. The van der Waals surface area contributed by atoms with Crippen LogP contribution in [0.15, 0.2) is 71.8 Å². The smallest absolute Gasteiger partial charge is 0.280 e. The summed E-state index contributed by atoms with van der Waals surface area (Å²) in [5.74, 6) is -0.689. The number of fused-ring (bicyclic) bond motifs is 1. The van der Waals surface area contributed by atoms with Crippen LogP contribution in [0.3, 0.4) is 0 Å². The number of aromatic amines is 1. The van der Waals surface area contributed by atoms with Crippen LogP contribution in [0, 0.1) is 5.92 Å². The zero-order valence-corrected chi connectivity index (χ0v) is 29.7. The molecule has 3 heterocycles. The molecule has 1 amide bonds. The average molecular weight is 679 g/mol. The first kappa shape index (κ1) is 35.5. The summed E-state index contributed by atoms with van der Waals surface area (Å²) < 4.78 is 21.7. The van der Waals surface area contributed by atoms with Crippen LogP contribution < -0.4 is 21.2 Å². The average Bonchev–Trinajstić information content (AvgIpc) is 3.58. The Labute approximate surface area is 281 Å². The fourth-order valence-corrected chi connectivity index (χ4v) is 9.86. The summed E-state index contributed by atoms with van der Waals surface area (Å²) in [5, 5.41) is 17.0. The molecule has 13 nitrogen and oxygen atoms in total. The summed E-state index contributed by atoms with van der Waals surface area (Å²) in [6.45, 7) is 9.71. The van der Waals surface area contributed by atoms with Gasteiger partial charge >= 0.3 is 0 Å². The Balaban J connectivity index is 1.79. The van der Waals surface area contributed by atoms with Crippen molar-refractivity contribution in [3.05, 3.63) is 77.3 Å². The Morgan fingerprint density at radius 3 is 2.29 bits per heavy atom. The molecule has 0 radical (unpaired) electrons. The second-order valence-corrected chi connectivity index (χ2v) is 16.4. The summed E-state index contributed by atoms with van der Waals surface area (Å²) in [7, 11) is 0.840. The van der Waals surface area contributed by atoms with E-state index >= 15 is 0 Å². The summed E-state index contributed by atoms with van der Waals surface area (Å²) >= 11 is 0. The van der Waals surface area contributed by atoms with Gasteiger partial charge in [-0.15, -0.1) is 0 Å². The standard InChI is InChI=1S/C34H46N6O7Si/c1-22(2)30(42)37-32-36-29-26(31(43)38-32)35-21-40(29)34(48(23-14-10-8-11-15-23)24-16-12-9-13-17-24)28(44-18-19-46-39(6)7)27(41)25(47-34)20-45-33(3,4)5/h8-17,21-22,25,27-28,41,48H,18-20H2,1-7H3,(H2,36,37,38,42,43)/t25-,27-,28-,34+/m1/s1. The van der Waals surface area contributed by atoms with Crippen molar-refractivity contribution in [1.29, 1.82) is 0 Å². The van der Waals surface area contributed by atoms with E-state index in [0.29, 0.717) is 0 Å². The van der Waals surface area contributed by atoms with Crippen molar-refractivity contribution in [2.75, 3.05) is 39.2 Å². The number of carbonyl (C=O) groups excluding carboxylic acids is 1. The zero-order chi connectivity index (χ0) is 34.6. The molecule has 2 aromatic heterocycles. The number of ether oxygens (including phenoxy) is 3. The van der Waals surface area contributed by atoms with Gasteiger partial charge in [-0.1, -0.05) is 84.9 Å². The zero-order valence-electron chi connectivity index (χ0n) is 28.5. The van der Waals surface area contributed by atoms with Crippen molar-refractivity contribution in [2.45, 2.75) is 63.9 Å². The number of hydroxylamine groups is 2. The van der Waals surface area contributed by atoms with Gasteiger partial charge < -0.3 is 19.3 Å². The minimum absolute atomic E-state index is 0.0243. The number of hydrogen-bond acceptors (Lipinski definition) is 10. The lowest BCUT2D eigenvalue weighted by atomic mass is 10.1. The molecule has 258 valence electrons. The predicted octanol–water partition coefficient (Wildman–Crippen LogP) is 1.40. The van der Waals surface area contributed by atoms with Gasteiger partial charge in [0, 0.05) is 20.0 Å². The maximum Gasteiger partial charge on any atom is 0.280 e. The fourth-order valence-electron chi connectivity index (χ4n) is 5.91. The van der Waals surface area contributed by atoms with E-state index in [2.05, 4.69) is 15.3 Å². The van der Waals surface area contributed by atoms with Crippen molar-refractivity contribution in [2.24, 2.45) is 5.92 Å². The van der Waals surface area contributed by atoms with E-state index < -0.39 is 43.6 Å². The lowest BCUT2D eigenvalue weighted by Gasteiger charge is -2.42. The minimum Gasteiger partial charge on any atom is -0.387 e. The number of carbonyl (C=O) groups is 1. The summed E-state index contributed by atoms with van der Waals surface area (Å²) in [5.41, 5.74) is -0.827. The number of nitrogens with one attached hydrogen (secondary N) is 2. The van der Waals surface area contributed by atoms with Gasteiger partial charge in [-0.2, -0.15) is 10.0 Å². The monoisotopic (exact) mass is 678 g/mol. The molecular weight excluding hydrogens is 632 g/mol. The van der Waals surface area contributed by atoms with Gasteiger partial charge in [0.05, 0.1) is 31.7 Å². The molecule has 0 spiro atoms. The van der Waals surface area contributed by atoms with Gasteiger partial charge in [0.15, 0.2) is 25.3 Å². The number of amides is 1. The van der Waals surface area contributed by atoms with Crippen LogP contribution in [0.25, 0.3) is 11.2 Å². The summed E-state index contributed by atoms with van der Waals surface area (Å²) in [4.78, 5) is 43.6. The molecule has 1 fully saturated rings. The van der Waals surface area contributed by atoms with E-state index in [-0.39, 0.29) is 48.8 Å². The lowest BCUT2D eigenvalue weighted by Crippen LogP contribution is -2.67. The molecule has 0 bridgehead atoms. The van der Waals surface area contributed by atoms with Gasteiger partial charge in [0.1, 0.15) is 18.3 Å². The molecule has 0 aliphatic carbocycles. The molecule has 0 saturated carbocycles. The topological polar surface area (TPSA) is 153 Å². The van der Waals surface area contributed by atoms with Gasteiger partial charge in [0.2, 0.25) is 11.9 Å². The minimum atomic E-state index is -2.72. The number of anilines is 1. The maximum atomic E-state index is 13.4. The van der Waals surface area contributed by atoms with Crippen molar-refractivity contribution in [3.63, 3.8) is 0 Å². The Hall–Kier alpha value is -3.76. The number of aromatic nitrogens is 4. The van der Waals surface area contributed by atoms with Gasteiger partial charge in [0.25, 0.3) is 5.56 Å². The van der Waals surface area contributed by atoms with Crippen LogP contribution >= 0.6 is 0 Å². The third-order valence-corrected chi connectivity index (χ3v) is 11.8. The fraction of sp³-hybridized carbons (Fsp3) is 0.471. The van der Waals surface area contributed by atoms with E-state index in [1.54, 1.807) is 37.6 Å². The SMILES string of the molecule is CC(C)C(=O)Nc1nc2c(ncn2[C@]2([SiH](c3ccccc3)c3ccccc3)O[C@H](COC(C)(C)C)[C@@H](O)[C@H]2OCCON(C)C)c(=O)[nH]1. The number of aliphatic hydroxyl groups is 1. The highest BCUT2D eigenvalue weighted by molar-refractivity contribution is 6.86. The Morgan fingerprint density at radius 1 is 1.10 bits per heavy atom. The third kappa shape index (κ3) is 7.60. The Kier molecular flexibility index (Phi) is 10.9. The van der Waals surface area contributed by atoms with Crippen molar-refractivity contribution in [3.8, 4) is 0 Å². The van der Waals surface area contributed by atoms with Crippen LogP contribution in [-0.4, -0.2) is 102 Å². The molecule has 1 aliphatic heterocycles. The van der Waals surface area contributed by atoms with Crippen LogP contribution in [0.5, 0.6) is 0 Å². The molecule has 1 aliphatic rings. The number of rotatable bonds is 13. The molecule has 0 unspecified atom stereocenters. The first-order chi connectivity index (χ1) is 22.8. The Morgan fingerprint density at radius 2 is 1.73 bits per heavy atom. The molecule has 4 atom stereocenters.